The molecular formula is C18H22N6O2S. The van der Waals surface area contributed by atoms with Crippen molar-refractivity contribution in [3.05, 3.63) is 35.1 Å². The fraction of sp³-hybridized carbons (Fsp3) is 0.444. The van der Waals surface area contributed by atoms with Gasteiger partial charge in [0.15, 0.2) is 5.82 Å². The van der Waals surface area contributed by atoms with Crippen LogP contribution >= 0.6 is 11.3 Å². The van der Waals surface area contributed by atoms with Crippen LogP contribution in [0.25, 0.3) is 4.96 Å². The maximum Gasteiger partial charge on any atom is 0.284 e. The third kappa shape index (κ3) is 3.34. The second kappa shape index (κ2) is 7.15. The molecular weight excluding hydrogens is 364 g/mol. The Bertz CT molecular complexity index is 941. The minimum Gasteiger partial charge on any atom is -0.497 e. The van der Waals surface area contributed by atoms with E-state index >= 15 is 0 Å². The molecule has 1 aromatic carbocycles. The standard InChI is InChI=1S/C18H22N6O2S/c1-12(2)15-19-20-18-24(15)21-16(27-18)17(25)23-10-8-22(9-11-23)13-4-6-14(26-3)7-5-13/h4-7,12H,8-11H2,1-3H3. The number of methoxy groups -OCH3 is 1. The van der Waals surface area contributed by atoms with E-state index in [1.165, 1.54) is 11.3 Å². The van der Waals surface area contributed by atoms with E-state index in [0.29, 0.717) is 23.1 Å². The molecule has 3 aromatic rings. The van der Waals surface area contributed by atoms with Crippen molar-refractivity contribution in [3.63, 3.8) is 0 Å². The lowest BCUT2D eigenvalue weighted by atomic mass is 10.2. The summed E-state index contributed by atoms with van der Waals surface area (Å²) in [7, 11) is 1.66. The van der Waals surface area contributed by atoms with Crippen LogP contribution in [0.2, 0.25) is 0 Å². The number of nitrogens with zero attached hydrogens (tertiary/aromatic N) is 6. The lowest BCUT2D eigenvalue weighted by Gasteiger charge is -2.35. The van der Waals surface area contributed by atoms with Crippen molar-refractivity contribution in [2.75, 3.05) is 38.2 Å². The average molecular weight is 386 g/mol. The van der Waals surface area contributed by atoms with Crippen LogP contribution in [-0.4, -0.2) is 63.9 Å². The van der Waals surface area contributed by atoms with Gasteiger partial charge in [-0.05, 0) is 24.3 Å². The predicted octanol–water partition coefficient (Wildman–Crippen LogP) is 2.28. The Kier molecular flexibility index (Phi) is 4.69. The van der Waals surface area contributed by atoms with Crippen molar-refractivity contribution in [3.8, 4) is 5.75 Å². The highest BCUT2D eigenvalue weighted by Gasteiger charge is 2.26. The molecule has 9 heteroatoms. The molecule has 3 heterocycles. The molecule has 1 aliphatic heterocycles. The molecule has 1 saturated heterocycles. The lowest BCUT2D eigenvalue weighted by Crippen LogP contribution is -2.48. The van der Waals surface area contributed by atoms with Gasteiger partial charge in [0.25, 0.3) is 5.91 Å². The molecule has 1 amide bonds. The summed E-state index contributed by atoms with van der Waals surface area (Å²) in [5.74, 6) is 1.80. The van der Waals surface area contributed by atoms with Crippen LogP contribution in [0, 0.1) is 0 Å². The van der Waals surface area contributed by atoms with Gasteiger partial charge in [0.05, 0.1) is 7.11 Å². The maximum absolute atomic E-state index is 12.9. The fourth-order valence-electron chi connectivity index (χ4n) is 3.17. The van der Waals surface area contributed by atoms with Gasteiger partial charge in [-0.1, -0.05) is 25.2 Å². The van der Waals surface area contributed by atoms with Crippen molar-refractivity contribution < 1.29 is 9.53 Å². The molecule has 8 nitrogen and oxygen atoms in total. The monoisotopic (exact) mass is 386 g/mol. The number of aromatic nitrogens is 4. The summed E-state index contributed by atoms with van der Waals surface area (Å²) in [4.78, 5) is 17.7. The summed E-state index contributed by atoms with van der Waals surface area (Å²) < 4.78 is 6.90. The molecule has 0 N–H and O–H groups in total. The van der Waals surface area contributed by atoms with Gasteiger partial charge in [-0.2, -0.15) is 4.52 Å². The average Bonchev–Trinajstić information content (AvgIpc) is 3.28. The highest BCUT2D eigenvalue weighted by molar-refractivity contribution is 7.18. The van der Waals surface area contributed by atoms with Crippen LogP contribution in [0.3, 0.4) is 0 Å². The van der Waals surface area contributed by atoms with Crippen molar-refractivity contribution in [2.24, 2.45) is 0 Å². The van der Waals surface area contributed by atoms with Gasteiger partial charge in [0, 0.05) is 37.8 Å². The van der Waals surface area contributed by atoms with Crippen LogP contribution in [0.5, 0.6) is 5.75 Å². The quantitative estimate of drug-likeness (QED) is 0.685. The number of ether oxygens (including phenoxy) is 1. The number of hydrogen-bond acceptors (Lipinski definition) is 7. The number of benzene rings is 1. The minimum absolute atomic E-state index is 0.0328. The van der Waals surface area contributed by atoms with Crippen LogP contribution < -0.4 is 9.64 Å². The zero-order valence-electron chi connectivity index (χ0n) is 15.6. The van der Waals surface area contributed by atoms with E-state index in [-0.39, 0.29) is 11.8 Å². The SMILES string of the molecule is COc1ccc(N2CCN(C(=O)c3nn4c(C(C)C)nnc4s3)CC2)cc1. The first-order valence-corrected chi connectivity index (χ1v) is 9.79. The minimum atomic E-state index is -0.0328. The van der Waals surface area contributed by atoms with Crippen molar-refractivity contribution in [1.29, 1.82) is 0 Å². The molecule has 1 aliphatic rings. The Morgan fingerprint density at radius 1 is 1.11 bits per heavy atom. The molecule has 2 aromatic heterocycles. The predicted molar refractivity (Wildman–Crippen MR) is 104 cm³/mol. The van der Waals surface area contributed by atoms with Crippen molar-refractivity contribution >= 4 is 27.9 Å². The molecule has 1 fully saturated rings. The number of fused-ring (bicyclic) bond motifs is 1. The van der Waals surface area contributed by atoms with Gasteiger partial charge in [0.1, 0.15) is 5.75 Å². The number of amides is 1. The first kappa shape index (κ1) is 17.7. The first-order valence-electron chi connectivity index (χ1n) is 8.97. The number of rotatable bonds is 4. The smallest absolute Gasteiger partial charge is 0.284 e. The van der Waals surface area contributed by atoms with E-state index in [1.54, 1.807) is 11.6 Å². The van der Waals surface area contributed by atoms with Gasteiger partial charge < -0.3 is 14.5 Å². The van der Waals surface area contributed by atoms with E-state index in [4.69, 9.17) is 4.74 Å². The summed E-state index contributed by atoms with van der Waals surface area (Å²) in [6, 6.07) is 8.01. The third-order valence-electron chi connectivity index (χ3n) is 4.72. The van der Waals surface area contributed by atoms with Gasteiger partial charge in [-0.25, -0.2) is 0 Å². The van der Waals surface area contributed by atoms with E-state index < -0.39 is 0 Å². The normalized spacial score (nSPS) is 15.0. The molecule has 27 heavy (non-hydrogen) atoms. The summed E-state index contributed by atoms with van der Waals surface area (Å²) in [5, 5.41) is 13.2. The van der Waals surface area contributed by atoms with Crippen LogP contribution in [0.15, 0.2) is 24.3 Å². The number of carbonyl (C=O) groups excluding carboxylic acids is 1. The van der Waals surface area contributed by atoms with Crippen molar-refractivity contribution in [2.45, 2.75) is 19.8 Å². The van der Waals surface area contributed by atoms with Crippen molar-refractivity contribution in [1.82, 2.24) is 24.7 Å². The number of hydrogen-bond donors (Lipinski definition) is 0. The highest BCUT2D eigenvalue weighted by Crippen LogP contribution is 2.23. The summed E-state index contributed by atoms with van der Waals surface area (Å²) in [6.07, 6.45) is 0. The van der Waals surface area contributed by atoms with Gasteiger partial charge in [-0.3, -0.25) is 4.79 Å². The molecule has 0 saturated carbocycles. The molecule has 0 atom stereocenters. The van der Waals surface area contributed by atoms with E-state index in [0.717, 1.165) is 30.4 Å². The zero-order chi connectivity index (χ0) is 19.0. The summed E-state index contributed by atoms with van der Waals surface area (Å²) in [6.45, 7) is 6.99. The molecule has 0 radical (unpaired) electrons. The molecule has 0 spiro atoms. The Hall–Kier alpha value is -2.68. The number of piperazine rings is 1. The highest BCUT2D eigenvalue weighted by atomic mass is 32.1. The second-order valence-electron chi connectivity index (χ2n) is 6.79. The summed E-state index contributed by atoms with van der Waals surface area (Å²) in [5.41, 5.74) is 1.14. The number of carbonyl (C=O) groups is 1. The first-order chi connectivity index (χ1) is 13.1. The molecule has 142 valence electrons. The van der Waals surface area contributed by atoms with Crippen LogP contribution in [-0.2, 0) is 0 Å². The zero-order valence-corrected chi connectivity index (χ0v) is 16.4. The van der Waals surface area contributed by atoms with Crippen LogP contribution in [0.1, 0.15) is 35.4 Å². The Balaban J connectivity index is 1.43. The Morgan fingerprint density at radius 2 is 1.81 bits per heavy atom. The topological polar surface area (TPSA) is 75.9 Å². The molecule has 4 rings (SSSR count). The second-order valence-corrected chi connectivity index (χ2v) is 7.75. The van der Waals surface area contributed by atoms with Gasteiger partial charge in [-0.15, -0.1) is 15.3 Å². The van der Waals surface area contributed by atoms with Gasteiger partial charge >= 0.3 is 0 Å². The van der Waals surface area contributed by atoms with Crippen LogP contribution in [0.4, 0.5) is 5.69 Å². The fourth-order valence-corrected chi connectivity index (χ4v) is 3.99. The van der Waals surface area contributed by atoms with Gasteiger partial charge in [0.2, 0.25) is 9.97 Å². The Morgan fingerprint density at radius 3 is 2.44 bits per heavy atom. The third-order valence-corrected chi connectivity index (χ3v) is 5.61. The van der Waals surface area contributed by atoms with E-state index in [2.05, 4.69) is 20.2 Å². The molecule has 0 bridgehead atoms. The van der Waals surface area contributed by atoms with E-state index in [1.807, 2.05) is 43.0 Å². The summed E-state index contributed by atoms with van der Waals surface area (Å²) >= 11 is 1.30. The lowest BCUT2D eigenvalue weighted by molar-refractivity contribution is 0.0745. The molecule has 0 unspecified atom stereocenters. The molecule has 0 aliphatic carbocycles. The number of anilines is 1. The maximum atomic E-state index is 12.9. The largest absolute Gasteiger partial charge is 0.497 e. The van der Waals surface area contributed by atoms with E-state index in [9.17, 15) is 4.79 Å². The Labute approximate surface area is 161 Å².